The molecule has 5 heteroatoms. The molecule has 1 aromatic rings. The fraction of sp³-hybridized carbons (Fsp3) is 0.556. The Morgan fingerprint density at radius 3 is 2.79 bits per heavy atom. The van der Waals surface area contributed by atoms with Gasteiger partial charge in [0.2, 0.25) is 0 Å². The van der Waals surface area contributed by atoms with Crippen molar-refractivity contribution in [3.63, 3.8) is 0 Å². The number of hydrogen-bond donors (Lipinski definition) is 2. The second kappa shape index (κ2) is 5.78. The number of hydrogen-bond acceptors (Lipinski definition) is 4. The van der Waals surface area contributed by atoms with E-state index in [1.165, 1.54) is 0 Å². The van der Waals surface area contributed by atoms with Crippen LogP contribution in [-0.2, 0) is 0 Å². The lowest BCUT2D eigenvalue weighted by Crippen LogP contribution is -2.20. The molecule has 14 heavy (non-hydrogen) atoms. The van der Waals surface area contributed by atoms with Crippen LogP contribution in [0.2, 0.25) is 5.15 Å². The molecule has 0 aliphatic heterocycles. The quantitative estimate of drug-likeness (QED) is 0.785. The van der Waals surface area contributed by atoms with Gasteiger partial charge in [0.25, 0.3) is 0 Å². The van der Waals surface area contributed by atoms with Crippen molar-refractivity contribution in [2.45, 2.75) is 25.8 Å². The lowest BCUT2D eigenvalue weighted by Gasteiger charge is -2.16. The Morgan fingerprint density at radius 2 is 2.21 bits per heavy atom. The summed E-state index contributed by atoms with van der Waals surface area (Å²) < 4.78 is 0. The Labute approximate surface area is 88.3 Å². The molecule has 1 heterocycles. The molecule has 1 aromatic heterocycles. The minimum Gasteiger partial charge on any atom is -0.396 e. The van der Waals surface area contributed by atoms with Crippen LogP contribution in [0.3, 0.4) is 0 Å². The summed E-state index contributed by atoms with van der Waals surface area (Å²) in [5.41, 5.74) is 0. The predicted octanol–water partition coefficient (Wildman–Crippen LogP) is 1.70. The van der Waals surface area contributed by atoms with Crippen LogP contribution in [0.1, 0.15) is 19.8 Å². The van der Waals surface area contributed by atoms with Gasteiger partial charge < -0.3 is 10.4 Å². The van der Waals surface area contributed by atoms with Crippen molar-refractivity contribution in [3.8, 4) is 0 Å². The number of aromatic nitrogens is 2. The molecule has 0 spiro atoms. The van der Waals surface area contributed by atoms with E-state index < -0.39 is 0 Å². The van der Waals surface area contributed by atoms with E-state index in [9.17, 15) is 0 Å². The van der Waals surface area contributed by atoms with Crippen LogP contribution in [0.15, 0.2) is 12.4 Å². The number of nitrogens with one attached hydrogen (secondary N) is 1. The average molecular weight is 216 g/mol. The van der Waals surface area contributed by atoms with Crippen LogP contribution in [0.25, 0.3) is 0 Å². The van der Waals surface area contributed by atoms with Crippen molar-refractivity contribution < 1.29 is 5.11 Å². The normalized spacial score (nSPS) is 12.5. The lowest BCUT2D eigenvalue weighted by atomic mass is 10.1. The fourth-order valence-electron chi connectivity index (χ4n) is 1.15. The summed E-state index contributed by atoms with van der Waals surface area (Å²) >= 11 is 5.83. The van der Waals surface area contributed by atoms with Crippen LogP contribution in [0.5, 0.6) is 0 Å². The SMILES string of the molecule is CCC(CCO)Nc1nccnc1Cl. The van der Waals surface area contributed by atoms with Gasteiger partial charge in [-0.05, 0) is 12.8 Å². The summed E-state index contributed by atoms with van der Waals surface area (Å²) in [4.78, 5) is 7.97. The van der Waals surface area contributed by atoms with Crippen molar-refractivity contribution in [3.05, 3.63) is 17.5 Å². The maximum atomic E-state index is 8.81. The van der Waals surface area contributed by atoms with Gasteiger partial charge >= 0.3 is 0 Å². The third kappa shape index (κ3) is 3.12. The Bertz CT molecular complexity index is 283. The van der Waals surface area contributed by atoms with E-state index in [1.807, 2.05) is 6.92 Å². The Balaban J connectivity index is 2.62. The second-order valence-electron chi connectivity index (χ2n) is 2.96. The number of anilines is 1. The summed E-state index contributed by atoms with van der Waals surface area (Å²) in [6, 6.07) is 0.189. The van der Waals surface area contributed by atoms with Crippen molar-refractivity contribution >= 4 is 17.4 Å². The molecule has 2 N–H and O–H groups in total. The first-order valence-corrected chi connectivity index (χ1v) is 4.99. The first-order valence-electron chi connectivity index (χ1n) is 4.61. The third-order valence-electron chi connectivity index (χ3n) is 1.96. The molecule has 0 radical (unpaired) electrons. The topological polar surface area (TPSA) is 58.0 Å². The predicted molar refractivity (Wildman–Crippen MR) is 56.4 cm³/mol. The van der Waals surface area contributed by atoms with Gasteiger partial charge in [0.15, 0.2) is 11.0 Å². The highest BCUT2D eigenvalue weighted by Crippen LogP contribution is 2.16. The van der Waals surface area contributed by atoms with Crippen LogP contribution >= 0.6 is 11.6 Å². The zero-order valence-electron chi connectivity index (χ0n) is 8.07. The number of halogens is 1. The third-order valence-corrected chi connectivity index (χ3v) is 2.24. The molecule has 0 saturated carbocycles. The Hall–Kier alpha value is -0.870. The van der Waals surface area contributed by atoms with Crippen molar-refractivity contribution in [1.82, 2.24) is 9.97 Å². The van der Waals surface area contributed by atoms with E-state index >= 15 is 0 Å². The number of aliphatic hydroxyl groups excluding tert-OH is 1. The summed E-state index contributed by atoms with van der Waals surface area (Å²) in [6.07, 6.45) is 4.72. The highest BCUT2D eigenvalue weighted by molar-refractivity contribution is 6.31. The summed E-state index contributed by atoms with van der Waals surface area (Å²) in [7, 11) is 0. The highest BCUT2D eigenvalue weighted by atomic mass is 35.5. The van der Waals surface area contributed by atoms with Crippen molar-refractivity contribution in [1.29, 1.82) is 0 Å². The maximum absolute atomic E-state index is 8.81. The highest BCUT2D eigenvalue weighted by Gasteiger charge is 2.08. The summed E-state index contributed by atoms with van der Waals surface area (Å²) in [5.74, 6) is 0.578. The van der Waals surface area contributed by atoms with Crippen LogP contribution in [-0.4, -0.2) is 27.7 Å². The van der Waals surface area contributed by atoms with Gasteiger partial charge in [-0.15, -0.1) is 0 Å². The van der Waals surface area contributed by atoms with Crippen molar-refractivity contribution in [2.24, 2.45) is 0 Å². The van der Waals surface area contributed by atoms with Gasteiger partial charge in [0.1, 0.15) is 0 Å². The molecule has 0 aliphatic carbocycles. The zero-order chi connectivity index (χ0) is 10.4. The van der Waals surface area contributed by atoms with Gasteiger partial charge in [-0.1, -0.05) is 18.5 Å². The maximum Gasteiger partial charge on any atom is 0.171 e. The smallest absolute Gasteiger partial charge is 0.171 e. The number of rotatable bonds is 5. The van der Waals surface area contributed by atoms with Crippen molar-refractivity contribution in [2.75, 3.05) is 11.9 Å². The largest absolute Gasteiger partial charge is 0.396 e. The molecule has 78 valence electrons. The van der Waals surface area contributed by atoms with Gasteiger partial charge in [0, 0.05) is 25.0 Å². The van der Waals surface area contributed by atoms with Gasteiger partial charge in [-0.2, -0.15) is 0 Å². The van der Waals surface area contributed by atoms with Crippen LogP contribution < -0.4 is 5.32 Å². The number of aliphatic hydroxyl groups is 1. The molecular formula is C9H14ClN3O. The van der Waals surface area contributed by atoms with E-state index in [0.29, 0.717) is 17.4 Å². The first-order chi connectivity index (χ1) is 6.77. The van der Waals surface area contributed by atoms with E-state index in [0.717, 1.165) is 6.42 Å². The minimum atomic E-state index is 0.156. The molecule has 0 saturated heterocycles. The fourth-order valence-corrected chi connectivity index (χ4v) is 1.31. The monoisotopic (exact) mass is 215 g/mol. The van der Waals surface area contributed by atoms with Gasteiger partial charge in [-0.25, -0.2) is 9.97 Å². The van der Waals surface area contributed by atoms with Gasteiger partial charge in [-0.3, -0.25) is 0 Å². The van der Waals surface area contributed by atoms with E-state index in [4.69, 9.17) is 16.7 Å². The molecule has 1 atom stereocenters. The average Bonchev–Trinajstić information content (AvgIpc) is 2.20. The molecule has 0 aromatic carbocycles. The molecule has 1 rings (SSSR count). The Kier molecular flexibility index (Phi) is 4.62. The molecule has 0 amide bonds. The summed E-state index contributed by atoms with van der Waals surface area (Å²) in [6.45, 7) is 2.20. The zero-order valence-corrected chi connectivity index (χ0v) is 8.83. The molecule has 0 aliphatic rings. The minimum absolute atomic E-state index is 0.156. The standard InChI is InChI=1S/C9H14ClN3O/c1-2-7(3-6-14)13-9-8(10)11-4-5-12-9/h4-5,7,14H,2-3,6H2,1H3,(H,12,13). The molecule has 0 fully saturated rings. The lowest BCUT2D eigenvalue weighted by molar-refractivity contribution is 0.278. The van der Waals surface area contributed by atoms with E-state index in [-0.39, 0.29) is 12.6 Å². The molecule has 0 bridgehead atoms. The molecule has 4 nitrogen and oxygen atoms in total. The van der Waals surface area contributed by atoms with E-state index in [2.05, 4.69) is 15.3 Å². The van der Waals surface area contributed by atoms with E-state index in [1.54, 1.807) is 12.4 Å². The van der Waals surface area contributed by atoms with Crippen LogP contribution in [0.4, 0.5) is 5.82 Å². The van der Waals surface area contributed by atoms with Crippen LogP contribution in [0, 0.1) is 0 Å². The molecular weight excluding hydrogens is 202 g/mol. The molecule has 1 unspecified atom stereocenters. The summed E-state index contributed by atoms with van der Waals surface area (Å²) in [5, 5.41) is 12.3. The van der Waals surface area contributed by atoms with Gasteiger partial charge in [0.05, 0.1) is 0 Å². The number of nitrogens with zero attached hydrogens (tertiary/aromatic N) is 2. The first kappa shape index (κ1) is 11.2. The second-order valence-corrected chi connectivity index (χ2v) is 3.32. The Morgan fingerprint density at radius 1 is 1.50 bits per heavy atom.